The molecule has 5 rings (SSSR count). The van der Waals surface area contributed by atoms with Crippen LogP contribution in [-0.2, 0) is 21.2 Å². The molecule has 4 aromatic carbocycles. The quantitative estimate of drug-likeness (QED) is 0.264. The fourth-order valence-electron chi connectivity index (χ4n) is 4.40. The third kappa shape index (κ3) is 4.95. The number of rotatable bonds is 6. The van der Waals surface area contributed by atoms with Gasteiger partial charge in [-0.15, -0.1) is 0 Å². The highest BCUT2D eigenvalue weighted by Gasteiger charge is 2.28. The van der Waals surface area contributed by atoms with E-state index in [0.29, 0.717) is 17.8 Å². The van der Waals surface area contributed by atoms with Crippen molar-refractivity contribution in [2.45, 2.75) is 17.7 Å². The molecule has 0 aromatic heterocycles. The zero-order valence-electron chi connectivity index (χ0n) is 19.7. The lowest BCUT2D eigenvalue weighted by molar-refractivity contribution is -0.111. The van der Waals surface area contributed by atoms with Crippen LogP contribution in [0.3, 0.4) is 0 Å². The third-order valence-corrected chi connectivity index (χ3v) is 8.04. The molecule has 0 fully saturated rings. The van der Waals surface area contributed by atoms with Gasteiger partial charge in [0.15, 0.2) is 0 Å². The Kier molecular flexibility index (Phi) is 6.69. The first-order valence-corrected chi connectivity index (χ1v) is 13.3. The lowest BCUT2D eigenvalue weighted by Gasteiger charge is -2.30. The van der Waals surface area contributed by atoms with Gasteiger partial charge in [-0.3, -0.25) is 9.10 Å². The van der Waals surface area contributed by atoms with Crippen LogP contribution in [0.5, 0.6) is 0 Å². The van der Waals surface area contributed by atoms with E-state index in [1.807, 2.05) is 91.0 Å². The summed E-state index contributed by atoms with van der Waals surface area (Å²) in [5.74, 6) is -0.273. The number of nitrogens with zero attached hydrogens (tertiary/aromatic N) is 1. The Balaban J connectivity index is 1.39. The zero-order valence-corrected chi connectivity index (χ0v) is 20.5. The molecule has 0 atom stereocenters. The average molecular weight is 495 g/mol. The number of para-hydroxylation sites is 1. The van der Waals surface area contributed by atoms with Gasteiger partial charge in [-0.2, -0.15) is 0 Å². The number of aryl methyl sites for hydroxylation is 1. The molecule has 5 nitrogen and oxygen atoms in total. The molecule has 180 valence electrons. The predicted octanol–water partition coefficient (Wildman–Crippen LogP) is 6.01. The second kappa shape index (κ2) is 10.2. The van der Waals surface area contributed by atoms with Gasteiger partial charge < -0.3 is 5.32 Å². The topological polar surface area (TPSA) is 66.5 Å². The maximum atomic E-state index is 13.4. The Morgan fingerprint density at radius 2 is 1.42 bits per heavy atom. The molecule has 4 aromatic rings. The number of fused-ring (bicyclic) bond motifs is 1. The van der Waals surface area contributed by atoms with Crippen molar-refractivity contribution in [1.29, 1.82) is 0 Å². The number of nitrogens with one attached hydrogen (secondary N) is 1. The maximum absolute atomic E-state index is 13.4. The number of benzene rings is 4. The molecule has 0 saturated carbocycles. The molecule has 0 aliphatic carbocycles. The zero-order chi connectivity index (χ0) is 25.0. The van der Waals surface area contributed by atoms with E-state index in [1.54, 1.807) is 24.3 Å². The van der Waals surface area contributed by atoms with Crippen molar-refractivity contribution in [3.8, 4) is 0 Å². The smallest absolute Gasteiger partial charge is 0.264 e. The number of anilines is 2. The predicted molar refractivity (Wildman–Crippen MR) is 145 cm³/mol. The van der Waals surface area contributed by atoms with Crippen LogP contribution in [0.25, 0.3) is 11.6 Å². The largest absolute Gasteiger partial charge is 0.322 e. The maximum Gasteiger partial charge on any atom is 0.264 e. The van der Waals surface area contributed by atoms with E-state index >= 15 is 0 Å². The van der Waals surface area contributed by atoms with Crippen LogP contribution in [0.4, 0.5) is 11.4 Å². The number of hydrogen-bond donors (Lipinski definition) is 1. The van der Waals surface area contributed by atoms with Gasteiger partial charge in [0.2, 0.25) is 0 Å². The van der Waals surface area contributed by atoms with Crippen molar-refractivity contribution < 1.29 is 13.2 Å². The Hall–Kier alpha value is -4.16. The first-order valence-electron chi connectivity index (χ1n) is 11.9. The summed E-state index contributed by atoms with van der Waals surface area (Å²) in [5, 5.41) is 2.92. The average Bonchev–Trinajstić information content (AvgIpc) is 2.92. The van der Waals surface area contributed by atoms with Crippen LogP contribution in [0.1, 0.15) is 23.1 Å². The fourth-order valence-corrected chi connectivity index (χ4v) is 5.94. The van der Waals surface area contributed by atoms with E-state index in [9.17, 15) is 13.2 Å². The summed E-state index contributed by atoms with van der Waals surface area (Å²) in [7, 11) is -3.71. The minimum Gasteiger partial charge on any atom is -0.322 e. The Labute approximate surface area is 211 Å². The normalized spacial score (nSPS) is 13.7. The third-order valence-electron chi connectivity index (χ3n) is 6.21. The Morgan fingerprint density at radius 1 is 0.778 bits per heavy atom. The van der Waals surface area contributed by atoms with Gasteiger partial charge in [0, 0.05) is 17.8 Å². The Morgan fingerprint density at radius 3 is 2.14 bits per heavy atom. The second-order valence-electron chi connectivity index (χ2n) is 8.62. The molecule has 6 heteroatoms. The Bertz CT molecular complexity index is 1500. The van der Waals surface area contributed by atoms with Crippen LogP contribution in [0.2, 0.25) is 0 Å². The molecule has 0 spiro atoms. The summed E-state index contributed by atoms with van der Waals surface area (Å²) in [4.78, 5) is 13.5. The first kappa shape index (κ1) is 23.6. The molecule has 0 unspecified atom stereocenters. The van der Waals surface area contributed by atoms with Gasteiger partial charge >= 0.3 is 0 Å². The monoisotopic (exact) mass is 494 g/mol. The van der Waals surface area contributed by atoms with Crippen LogP contribution >= 0.6 is 0 Å². The second-order valence-corrected chi connectivity index (χ2v) is 10.5. The standard InChI is InChI=1S/C30H26N2O3S/c33-30(28(24-12-5-2-6-13-24)22-23-10-3-1-4-11-23)31-26-17-19-27(20-18-26)36(34,35)32-21-9-15-25-14-7-8-16-29(25)32/h1-8,10-14,16-20,22H,9,15,21H2,(H,31,33)/b28-22+. The number of hydrogen-bond acceptors (Lipinski definition) is 3. The molecule has 1 heterocycles. The first-order chi connectivity index (χ1) is 17.5. The van der Waals surface area contributed by atoms with Crippen LogP contribution in [-0.4, -0.2) is 20.9 Å². The van der Waals surface area contributed by atoms with Crippen LogP contribution in [0.15, 0.2) is 114 Å². The van der Waals surface area contributed by atoms with Crippen molar-refractivity contribution in [3.05, 3.63) is 126 Å². The van der Waals surface area contributed by atoms with Gasteiger partial charge in [-0.1, -0.05) is 78.9 Å². The van der Waals surface area contributed by atoms with E-state index in [2.05, 4.69) is 5.32 Å². The molecule has 0 radical (unpaired) electrons. The van der Waals surface area contributed by atoms with Gasteiger partial charge in [-0.25, -0.2) is 8.42 Å². The summed E-state index contributed by atoms with van der Waals surface area (Å²) in [6.45, 7) is 0.447. The summed E-state index contributed by atoms with van der Waals surface area (Å²) < 4.78 is 28.3. The highest BCUT2D eigenvalue weighted by molar-refractivity contribution is 7.92. The number of amides is 1. The molecule has 36 heavy (non-hydrogen) atoms. The summed E-state index contributed by atoms with van der Waals surface area (Å²) in [6, 6.07) is 33.1. The molecule has 1 aliphatic heterocycles. The molecular formula is C30H26N2O3S. The van der Waals surface area contributed by atoms with Crippen molar-refractivity contribution >= 4 is 39.0 Å². The van der Waals surface area contributed by atoms with Crippen molar-refractivity contribution in [2.75, 3.05) is 16.2 Å². The van der Waals surface area contributed by atoms with Gasteiger partial charge in [0.25, 0.3) is 15.9 Å². The molecule has 0 bridgehead atoms. The summed E-state index contributed by atoms with van der Waals surface area (Å²) >= 11 is 0. The van der Waals surface area contributed by atoms with Gasteiger partial charge in [0.05, 0.1) is 10.6 Å². The summed E-state index contributed by atoms with van der Waals surface area (Å²) in [6.07, 6.45) is 3.49. The highest BCUT2D eigenvalue weighted by atomic mass is 32.2. The number of sulfonamides is 1. The minimum absolute atomic E-state index is 0.195. The van der Waals surface area contributed by atoms with Crippen LogP contribution < -0.4 is 9.62 Å². The lowest BCUT2D eigenvalue weighted by Crippen LogP contribution is -2.35. The van der Waals surface area contributed by atoms with Crippen LogP contribution in [0, 0.1) is 0 Å². The fraction of sp³-hybridized carbons (Fsp3) is 0.100. The highest BCUT2D eigenvalue weighted by Crippen LogP contribution is 2.32. The minimum atomic E-state index is -3.71. The van der Waals surface area contributed by atoms with Crippen molar-refractivity contribution in [3.63, 3.8) is 0 Å². The van der Waals surface area contributed by atoms with Crippen molar-refractivity contribution in [2.24, 2.45) is 0 Å². The lowest BCUT2D eigenvalue weighted by atomic mass is 10.0. The summed E-state index contributed by atoms with van der Waals surface area (Å²) in [5.41, 5.74) is 4.52. The molecular weight excluding hydrogens is 468 g/mol. The number of carbonyl (C=O) groups excluding carboxylic acids is 1. The molecule has 1 N–H and O–H groups in total. The van der Waals surface area contributed by atoms with E-state index in [0.717, 1.165) is 35.2 Å². The van der Waals surface area contributed by atoms with E-state index in [4.69, 9.17) is 0 Å². The van der Waals surface area contributed by atoms with Gasteiger partial charge in [0.1, 0.15) is 0 Å². The molecule has 1 amide bonds. The van der Waals surface area contributed by atoms with Crippen molar-refractivity contribution in [1.82, 2.24) is 0 Å². The van der Waals surface area contributed by atoms with Gasteiger partial charge in [-0.05, 0) is 65.9 Å². The molecule has 1 aliphatic rings. The van der Waals surface area contributed by atoms with E-state index in [-0.39, 0.29) is 10.8 Å². The number of carbonyl (C=O) groups is 1. The van der Waals surface area contributed by atoms with E-state index < -0.39 is 10.0 Å². The SMILES string of the molecule is O=C(Nc1ccc(S(=O)(=O)N2CCCc3ccccc32)cc1)/C(=C/c1ccccc1)c1ccccc1. The molecule has 0 saturated heterocycles. The van der Waals surface area contributed by atoms with E-state index in [1.165, 1.54) is 4.31 Å².